The first-order chi connectivity index (χ1) is 11.3. The van der Waals surface area contributed by atoms with E-state index in [-0.39, 0.29) is 11.6 Å². The van der Waals surface area contributed by atoms with E-state index in [1.54, 1.807) is 30.1 Å². The molecule has 6 nitrogen and oxygen atoms in total. The Labute approximate surface area is 136 Å². The van der Waals surface area contributed by atoms with Gasteiger partial charge in [0.15, 0.2) is 0 Å². The monoisotopic (exact) mass is 331 g/mol. The largest absolute Gasteiger partial charge is 0.311 e. The van der Waals surface area contributed by atoms with Crippen LogP contribution in [0.25, 0.3) is 22.3 Å². The van der Waals surface area contributed by atoms with Crippen LogP contribution < -0.4 is 5.32 Å². The summed E-state index contributed by atoms with van der Waals surface area (Å²) in [6.45, 7) is 2.18. The predicted molar refractivity (Wildman–Crippen MR) is 85.6 cm³/mol. The van der Waals surface area contributed by atoms with Crippen molar-refractivity contribution in [1.29, 1.82) is 0 Å². The average Bonchev–Trinajstić information content (AvgIpc) is 2.83. The lowest BCUT2D eigenvalue weighted by Gasteiger charge is -2.10. The molecule has 0 aliphatic carbocycles. The molecule has 0 bridgehead atoms. The van der Waals surface area contributed by atoms with Gasteiger partial charge in [-0.2, -0.15) is 13.9 Å². The minimum Gasteiger partial charge on any atom is -0.311 e. The van der Waals surface area contributed by atoms with Crippen molar-refractivity contribution < 1.29 is 13.6 Å². The summed E-state index contributed by atoms with van der Waals surface area (Å²) in [5.41, 5.74) is 1.16. The molecule has 0 radical (unpaired) electrons. The highest BCUT2D eigenvalue weighted by atomic mass is 19.3. The van der Waals surface area contributed by atoms with Crippen molar-refractivity contribution in [1.82, 2.24) is 19.7 Å². The molecule has 0 fully saturated rings. The van der Waals surface area contributed by atoms with E-state index in [0.29, 0.717) is 28.1 Å². The van der Waals surface area contributed by atoms with E-state index < -0.39 is 5.92 Å². The third-order valence-corrected chi connectivity index (χ3v) is 3.48. The van der Waals surface area contributed by atoms with E-state index in [0.717, 1.165) is 6.92 Å². The van der Waals surface area contributed by atoms with Crippen LogP contribution in [0.15, 0.2) is 30.5 Å². The number of rotatable bonds is 3. The molecule has 0 aromatic carbocycles. The second-order valence-electron chi connectivity index (χ2n) is 5.54. The second-order valence-corrected chi connectivity index (χ2v) is 5.54. The Kier molecular flexibility index (Phi) is 3.75. The topological polar surface area (TPSA) is 72.7 Å². The van der Waals surface area contributed by atoms with E-state index in [4.69, 9.17) is 0 Å². The third-order valence-electron chi connectivity index (χ3n) is 3.48. The van der Waals surface area contributed by atoms with Crippen molar-refractivity contribution in [3.63, 3.8) is 0 Å². The van der Waals surface area contributed by atoms with Crippen LogP contribution in [0.3, 0.4) is 0 Å². The fourth-order valence-electron chi connectivity index (χ4n) is 2.40. The maximum atomic E-state index is 13.5. The molecule has 3 heterocycles. The molecular weight excluding hydrogens is 316 g/mol. The minimum absolute atomic E-state index is 0.252. The number of alkyl halides is 2. The van der Waals surface area contributed by atoms with Gasteiger partial charge in [-0.15, -0.1) is 0 Å². The Hall–Kier alpha value is -2.90. The molecule has 0 saturated heterocycles. The molecule has 0 unspecified atom stereocenters. The van der Waals surface area contributed by atoms with Crippen LogP contribution in [-0.4, -0.2) is 25.7 Å². The van der Waals surface area contributed by atoms with Crippen molar-refractivity contribution in [2.75, 3.05) is 5.32 Å². The minimum atomic E-state index is -3.04. The lowest BCUT2D eigenvalue weighted by atomic mass is 10.1. The molecule has 0 saturated carbocycles. The molecule has 24 heavy (non-hydrogen) atoms. The summed E-state index contributed by atoms with van der Waals surface area (Å²) in [6.07, 6.45) is 1.56. The maximum Gasteiger partial charge on any atom is 0.286 e. The van der Waals surface area contributed by atoms with Crippen LogP contribution in [0.5, 0.6) is 0 Å². The fraction of sp³-hybridized carbons (Fsp3) is 0.250. The van der Waals surface area contributed by atoms with Crippen molar-refractivity contribution in [3.8, 4) is 11.4 Å². The zero-order chi connectivity index (χ0) is 17.5. The van der Waals surface area contributed by atoms with Gasteiger partial charge in [0.1, 0.15) is 17.2 Å². The number of carbonyl (C=O) groups is 1. The van der Waals surface area contributed by atoms with Crippen LogP contribution in [0.1, 0.15) is 19.5 Å². The van der Waals surface area contributed by atoms with Gasteiger partial charge in [-0.3, -0.25) is 9.48 Å². The molecule has 0 spiro atoms. The summed E-state index contributed by atoms with van der Waals surface area (Å²) in [5, 5.41) is 7.62. The van der Waals surface area contributed by atoms with E-state index in [9.17, 15) is 13.6 Å². The number of nitrogens with zero attached hydrogens (tertiary/aromatic N) is 4. The molecule has 124 valence electrons. The highest BCUT2D eigenvalue weighted by Gasteiger charge is 2.27. The van der Waals surface area contributed by atoms with Gasteiger partial charge in [0.05, 0.1) is 17.4 Å². The lowest BCUT2D eigenvalue weighted by Crippen LogP contribution is -2.10. The molecule has 3 rings (SSSR count). The third kappa shape index (κ3) is 2.94. The summed E-state index contributed by atoms with van der Waals surface area (Å²) in [6, 6.07) is 6.07. The highest BCUT2D eigenvalue weighted by Crippen LogP contribution is 2.30. The molecule has 0 aliphatic heterocycles. The van der Waals surface area contributed by atoms with Gasteiger partial charge in [0, 0.05) is 26.3 Å². The second kappa shape index (κ2) is 5.63. The molecular formula is C16H15F2N5O. The Morgan fingerprint density at radius 2 is 2.08 bits per heavy atom. The average molecular weight is 331 g/mol. The van der Waals surface area contributed by atoms with Gasteiger partial charge >= 0.3 is 0 Å². The van der Waals surface area contributed by atoms with E-state index in [1.807, 2.05) is 0 Å². The molecule has 8 heteroatoms. The molecule has 1 amide bonds. The first-order valence-electron chi connectivity index (χ1n) is 7.22. The zero-order valence-corrected chi connectivity index (χ0v) is 13.3. The number of aromatic nitrogens is 4. The number of carbonyl (C=O) groups excluding carboxylic acids is 1. The number of halogens is 2. The number of hydrogen-bond donors (Lipinski definition) is 1. The number of nitrogens with one attached hydrogen (secondary N) is 1. The molecule has 3 aromatic heterocycles. The van der Waals surface area contributed by atoms with E-state index in [1.165, 1.54) is 19.1 Å². The van der Waals surface area contributed by atoms with Gasteiger partial charge in [-0.25, -0.2) is 9.97 Å². The summed E-state index contributed by atoms with van der Waals surface area (Å²) >= 11 is 0. The van der Waals surface area contributed by atoms with E-state index in [2.05, 4.69) is 20.4 Å². The lowest BCUT2D eigenvalue weighted by molar-refractivity contribution is -0.114. The number of hydrogen-bond acceptors (Lipinski definition) is 4. The van der Waals surface area contributed by atoms with Crippen LogP contribution in [0, 0.1) is 0 Å². The number of pyridine rings is 2. The van der Waals surface area contributed by atoms with Gasteiger partial charge in [0.25, 0.3) is 5.92 Å². The number of aryl methyl sites for hydroxylation is 1. The number of amides is 1. The maximum absolute atomic E-state index is 13.5. The molecule has 0 aliphatic rings. The zero-order valence-electron chi connectivity index (χ0n) is 13.3. The Balaban J connectivity index is 2.17. The first-order valence-corrected chi connectivity index (χ1v) is 7.22. The Morgan fingerprint density at radius 3 is 2.75 bits per heavy atom. The quantitative estimate of drug-likeness (QED) is 0.800. The van der Waals surface area contributed by atoms with E-state index >= 15 is 0 Å². The van der Waals surface area contributed by atoms with Crippen LogP contribution in [0.2, 0.25) is 0 Å². The highest BCUT2D eigenvalue weighted by molar-refractivity contribution is 5.96. The number of anilines is 1. The molecule has 1 N–H and O–H groups in total. The van der Waals surface area contributed by atoms with Gasteiger partial charge in [-0.05, 0) is 18.2 Å². The first kappa shape index (κ1) is 16.0. The normalized spacial score (nSPS) is 11.7. The van der Waals surface area contributed by atoms with Gasteiger partial charge < -0.3 is 5.32 Å². The van der Waals surface area contributed by atoms with Crippen molar-refractivity contribution in [2.45, 2.75) is 19.8 Å². The van der Waals surface area contributed by atoms with Crippen LogP contribution >= 0.6 is 0 Å². The van der Waals surface area contributed by atoms with Crippen LogP contribution in [0.4, 0.5) is 14.6 Å². The predicted octanol–water partition coefficient (Wildman–Crippen LogP) is 3.10. The van der Waals surface area contributed by atoms with Gasteiger partial charge in [-0.1, -0.05) is 6.07 Å². The molecule has 0 atom stereocenters. The summed E-state index contributed by atoms with van der Waals surface area (Å²) in [5.74, 6) is -2.93. The van der Waals surface area contributed by atoms with Crippen molar-refractivity contribution in [2.24, 2.45) is 7.05 Å². The Morgan fingerprint density at radius 1 is 1.33 bits per heavy atom. The van der Waals surface area contributed by atoms with Gasteiger partial charge in [0.2, 0.25) is 5.91 Å². The fourth-order valence-corrected chi connectivity index (χ4v) is 2.40. The standard InChI is InChI=1S/C16H15F2N5O/c1-9(24)20-14-7-10-12(8-19-14)23(3)22-15(10)11-5-4-6-13(21-11)16(2,17)18/h4-8H,1-3H3,(H,19,20,24). The summed E-state index contributed by atoms with van der Waals surface area (Å²) < 4.78 is 28.7. The summed E-state index contributed by atoms with van der Waals surface area (Å²) in [7, 11) is 1.73. The SMILES string of the molecule is CC(=O)Nc1cc2c(-c3cccc(C(C)(F)F)n3)nn(C)c2cn1. The smallest absolute Gasteiger partial charge is 0.286 e. The summed E-state index contributed by atoms with van der Waals surface area (Å²) in [4.78, 5) is 19.4. The van der Waals surface area contributed by atoms with Crippen molar-refractivity contribution in [3.05, 3.63) is 36.2 Å². The molecule has 3 aromatic rings. The van der Waals surface area contributed by atoms with Crippen molar-refractivity contribution >= 4 is 22.6 Å². The number of fused-ring (bicyclic) bond motifs is 1. The van der Waals surface area contributed by atoms with Crippen LogP contribution in [-0.2, 0) is 17.8 Å². The Bertz CT molecular complexity index is 930.